The Balaban J connectivity index is 1.24. The van der Waals surface area contributed by atoms with Crippen LogP contribution in [0.5, 0.6) is 0 Å². The molecule has 0 fully saturated rings. The molecule has 8 rings (SSSR count). The minimum atomic E-state index is -0.582. The first-order chi connectivity index (χ1) is 20.9. The van der Waals surface area contributed by atoms with Crippen LogP contribution in [-0.4, -0.2) is 40.8 Å². The number of carbonyl (C=O) groups excluding carboxylic acids is 1. The van der Waals surface area contributed by atoms with Gasteiger partial charge in [0.05, 0.1) is 0 Å². The summed E-state index contributed by atoms with van der Waals surface area (Å²) in [6, 6.07) is -0.582. The molecule has 1 aliphatic rings. The van der Waals surface area contributed by atoms with Crippen molar-refractivity contribution < 1.29 is 35.7 Å². The van der Waals surface area contributed by atoms with Gasteiger partial charge in [0.2, 0.25) is 41.2 Å². The second kappa shape index (κ2) is 9.23. The van der Waals surface area contributed by atoms with Gasteiger partial charge in [0.1, 0.15) is 48.9 Å². The van der Waals surface area contributed by atoms with Gasteiger partial charge in [-0.25, -0.2) is 34.9 Å². The highest BCUT2D eigenvalue weighted by Crippen LogP contribution is 2.34. The Morgan fingerprint density at radius 1 is 0.581 bits per heavy atom. The molecule has 14 bridgehead atoms. The molecule has 8 heterocycles. The van der Waals surface area contributed by atoms with Gasteiger partial charge in [-0.3, -0.25) is 4.79 Å². The summed E-state index contributed by atoms with van der Waals surface area (Å²) in [6.07, 6.45) is 7.14. The zero-order chi connectivity index (χ0) is 29.2. The summed E-state index contributed by atoms with van der Waals surface area (Å²) in [5.41, 5.74) is 1.91. The van der Waals surface area contributed by atoms with Crippen LogP contribution in [0.3, 0.4) is 0 Å². The van der Waals surface area contributed by atoms with E-state index in [0.29, 0.717) is 40.7 Å². The number of fused-ring (bicyclic) bond motifs is 20. The number of hydrogen-bond donors (Lipinski definition) is 1. The maximum absolute atomic E-state index is 13.1. The van der Waals surface area contributed by atoms with Crippen molar-refractivity contribution in [3.8, 4) is 69.5 Å². The Morgan fingerprint density at radius 2 is 1.02 bits per heavy atom. The molecule has 7 aromatic rings. The standard InChI is InChI=1S/C27H18N8O8/c1-4-12-25-34-19(11(3)42-25)27-35-18(10(2)43-27)26-33-17(9-41-26)24-32-16(8-40-24)23-31-15(7-39-23)22-30-14(6-38-22)21-29-13(5-37-21)20(36)28-12/h5-9,12H,4H2,1-3H3,(H,28,36). The van der Waals surface area contributed by atoms with Crippen molar-refractivity contribution in [2.45, 2.75) is 33.2 Å². The smallest absolute Gasteiger partial charge is 0.273 e. The second-order valence-electron chi connectivity index (χ2n) is 9.50. The molecule has 214 valence electrons. The number of nitrogens with zero attached hydrogens (tertiary/aromatic N) is 7. The zero-order valence-corrected chi connectivity index (χ0v) is 22.6. The molecule has 1 amide bonds. The Bertz CT molecular complexity index is 2140. The van der Waals surface area contributed by atoms with E-state index in [-0.39, 0.29) is 58.3 Å². The number of oxazole rings is 7. The van der Waals surface area contributed by atoms with Crippen LogP contribution in [0.1, 0.15) is 47.3 Å². The lowest BCUT2D eigenvalue weighted by Crippen LogP contribution is -2.28. The van der Waals surface area contributed by atoms with Crippen molar-refractivity contribution in [2.24, 2.45) is 0 Å². The maximum Gasteiger partial charge on any atom is 0.273 e. The number of nitrogens with one attached hydrogen (secondary N) is 1. The van der Waals surface area contributed by atoms with E-state index in [1.165, 1.54) is 31.3 Å². The maximum atomic E-state index is 13.1. The lowest BCUT2D eigenvalue weighted by Gasteiger charge is -2.12. The number of hydrogen-bond acceptors (Lipinski definition) is 15. The number of carbonyl (C=O) groups is 1. The first-order valence-corrected chi connectivity index (χ1v) is 13.0. The highest BCUT2D eigenvalue weighted by molar-refractivity contribution is 5.92. The van der Waals surface area contributed by atoms with Gasteiger partial charge >= 0.3 is 0 Å². The topological polar surface area (TPSA) is 211 Å². The predicted octanol–water partition coefficient (Wildman–Crippen LogP) is 5.42. The lowest BCUT2D eigenvalue weighted by atomic mass is 10.2. The van der Waals surface area contributed by atoms with Crippen LogP contribution < -0.4 is 5.32 Å². The van der Waals surface area contributed by atoms with Gasteiger partial charge in [-0.2, -0.15) is 0 Å². The first kappa shape index (κ1) is 24.7. The van der Waals surface area contributed by atoms with E-state index in [1.54, 1.807) is 13.8 Å². The highest BCUT2D eigenvalue weighted by atomic mass is 16.4. The summed E-state index contributed by atoms with van der Waals surface area (Å²) in [7, 11) is 0. The molecule has 0 saturated heterocycles. The Hall–Kier alpha value is -6.06. The summed E-state index contributed by atoms with van der Waals surface area (Å²) in [4.78, 5) is 44.2. The summed E-state index contributed by atoms with van der Waals surface area (Å²) in [5.74, 6) is 1.57. The fraction of sp³-hybridized carbons (Fsp3) is 0.185. The van der Waals surface area contributed by atoms with Crippen molar-refractivity contribution in [3.63, 3.8) is 0 Å². The van der Waals surface area contributed by atoms with Gasteiger partial charge in [-0.15, -0.1) is 0 Å². The largest absolute Gasteiger partial charge is 0.443 e. The first-order valence-electron chi connectivity index (χ1n) is 13.0. The minimum Gasteiger partial charge on any atom is -0.443 e. The van der Waals surface area contributed by atoms with Gasteiger partial charge in [0, 0.05) is 0 Å². The van der Waals surface area contributed by atoms with Gasteiger partial charge in [0.25, 0.3) is 5.91 Å². The molecule has 1 unspecified atom stereocenters. The molecule has 7 aromatic heterocycles. The van der Waals surface area contributed by atoms with Gasteiger partial charge in [-0.1, -0.05) is 6.92 Å². The summed E-state index contributed by atoms with van der Waals surface area (Å²) < 4.78 is 39.8. The SMILES string of the molecule is CCC1NC(=O)c2coc(n2)-c2coc(n2)-c2coc(n2)-c2coc(n2)-c2coc(n2)-c2nc(oc2C)-c2nc1oc2C. The Morgan fingerprint density at radius 3 is 1.58 bits per heavy atom. The summed E-state index contributed by atoms with van der Waals surface area (Å²) >= 11 is 0. The van der Waals surface area contributed by atoms with Crippen molar-refractivity contribution in [1.82, 2.24) is 40.2 Å². The molecule has 0 saturated carbocycles. The number of rotatable bonds is 1. The van der Waals surface area contributed by atoms with Gasteiger partial charge in [0.15, 0.2) is 39.9 Å². The monoisotopic (exact) mass is 582 g/mol. The third kappa shape index (κ3) is 4.06. The number of amides is 1. The Kier molecular flexibility index (Phi) is 5.31. The van der Waals surface area contributed by atoms with E-state index in [2.05, 4.69) is 40.2 Å². The molecule has 16 nitrogen and oxygen atoms in total. The van der Waals surface area contributed by atoms with Crippen LogP contribution in [-0.2, 0) is 0 Å². The molecular formula is C27H18N8O8. The van der Waals surface area contributed by atoms with Crippen LogP contribution >= 0.6 is 0 Å². The quantitative estimate of drug-likeness (QED) is 0.256. The average molecular weight is 582 g/mol. The summed E-state index contributed by atoms with van der Waals surface area (Å²) in [5, 5.41) is 2.87. The molecule has 43 heavy (non-hydrogen) atoms. The van der Waals surface area contributed by atoms with Gasteiger partial charge in [-0.05, 0) is 20.3 Å². The second-order valence-corrected chi connectivity index (χ2v) is 9.50. The van der Waals surface area contributed by atoms with E-state index in [9.17, 15) is 4.79 Å². The van der Waals surface area contributed by atoms with Crippen LogP contribution in [0, 0.1) is 13.8 Å². The molecule has 16 heteroatoms. The van der Waals surface area contributed by atoms with E-state index in [0.717, 1.165) is 0 Å². The number of aryl methyl sites for hydroxylation is 2. The van der Waals surface area contributed by atoms with Crippen LogP contribution in [0.25, 0.3) is 69.5 Å². The summed E-state index contributed by atoms with van der Waals surface area (Å²) in [6.45, 7) is 5.33. The number of aromatic nitrogens is 7. The highest BCUT2D eigenvalue weighted by Gasteiger charge is 2.28. The fourth-order valence-corrected chi connectivity index (χ4v) is 4.48. The molecule has 0 aliphatic carbocycles. The average Bonchev–Trinajstić information content (AvgIpc) is 3.83. The van der Waals surface area contributed by atoms with Crippen LogP contribution in [0.4, 0.5) is 0 Å². The van der Waals surface area contributed by atoms with Crippen molar-refractivity contribution in [2.75, 3.05) is 0 Å². The molecule has 1 aliphatic heterocycles. The van der Waals surface area contributed by atoms with E-state index in [1.807, 2.05) is 6.92 Å². The van der Waals surface area contributed by atoms with Crippen LogP contribution in [0.2, 0.25) is 0 Å². The van der Waals surface area contributed by atoms with Crippen molar-refractivity contribution >= 4 is 5.91 Å². The molecule has 0 spiro atoms. The molecule has 0 radical (unpaired) electrons. The predicted molar refractivity (Wildman–Crippen MR) is 139 cm³/mol. The molecular weight excluding hydrogens is 564 g/mol. The third-order valence-corrected chi connectivity index (χ3v) is 6.66. The minimum absolute atomic E-state index is 0.0276. The lowest BCUT2D eigenvalue weighted by molar-refractivity contribution is 0.0923. The molecule has 0 aromatic carbocycles. The Labute approximate surface area is 239 Å². The van der Waals surface area contributed by atoms with Crippen molar-refractivity contribution in [1.29, 1.82) is 0 Å². The normalized spacial score (nSPS) is 14.5. The molecule has 1 atom stereocenters. The van der Waals surface area contributed by atoms with Crippen molar-refractivity contribution in [3.05, 3.63) is 54.4 Å². The fourth-order valence-electron chi connectivity index (χ4n) is 4.48. The molecule has 1 N–H and O–H groups in total. The van der Waals surface area contributed by atoms with E-state index in [4.69, 9.17) is 30.9 Å². The third-order valence-electron chi connectivity index (χ3n) is 6.66. The zero-order valence-electron chi connectivity index (χ0n) is 22.6. The van der Waals surface area contributed by atoms with Gasteiger partial charge < -0.3 is 36.2 Å². The van der Waals surface area contributed by atoms with E-state index >= 15 is 0 Å². The van der Waals surface area contributed by atoms with Crippen LogP contribution in [0.15, 0.2) is 62.2 Å². The van der Waals surface area contributed by atoms with E-state index < -0.39 is 11.9 Å².